The van der Waals surface area contributed by atoms with Gasteiger partial charge in [0.25, 0.3) is 0 Å². The maximum atomic E-state index is 13.3. The molecule has 0 aromatic heterocycles. The molecule has 1 atom stereocenters. The first-order valence-corrected chi connectivity index (χ1v) is 8.43. The molecule has 3 aromatic rings. The van der Waals surface area contributed by atoms with Crippen LogP contribution in [0.25, 0.3) is 10.8 Å². The van der Waals surface area contributed by atoms with Gasteiger partial charge >= 0.3 is 0 Å². The molecule has 0 saturated heterocycles. The van der Waals surface area contributed by atoms with Crippen molar-refractivity contribution in [3.63, 3.8) is 0 Å². The molecular formula is C17H10Br2ClF. The van der Waals surface area contributed by atoms with Crippen molar-refractivity contribution in [3.05, 3.63) is 81.0 Å². The van der Waals surface area contributed by atoms with Crippen molar-refractivity contribution >= 4 is 54.2 Å². The van der Waals surface area contributed by atoms with Crippen LogP contribution in [-0.2, 0) is 0 Å². The minimum Gasteiger partial charge on any atom is -0.207 e. The molecule has 4 heteroatoms. The second-order valence-electron chi connectivity index (χ2n) is 4.71. The van der Waals surface area contributed by atoms with E-state index in [0.717, 1.165) is 31.4 Å². The molecule has 0 N–H and O–H groups in total. The van der Waals surface area contributed by atoms with Gasteiger partial charge in [-0.05, 0) is 34.7 Å². The van der Waals surface area contributed by atoms with E-state index in [1.54, 1.807) is 6.07 Å². The number of hydrogen-bond acceptors (Lipinski definition) is 0. The van der Waals surface area contributed by atoms with Crippen LogP contribution in [-0.4, -0.2) is 0 Å². The zero-order valence-corrected chi connectivity index (χ0v) is 14.7. The number of alkyl halides is 1. The molecule has 0 amide bonds. The number of benzene rings is 3. The lowest BCUT2D eigenvalue weighted by Crippen LogP contribution is -1.96. The van der Waals surface area contributed by atoms with Crippen LogP contribution in [0.4, 0.5) is 4.39 Å². The van der Waals surface area contributed by atoms with Gasteiger partial charge in [0, 0.05) is 14.9 Å². The maximum Gasteiger partial charge on any atom is 0.124 e. The van der Waals surface area contributed by atoms with Crippen molar-refractivity contribution in [2.75, 3.05) is 0 Å². The molecule has 0 heterocycles. The van der Waals surface area contributed by atoms with Crippen LogP contribution in [0, 0.1) is 5.82 Å². The van der Waals surface area contributed by atoms with E-state index in [1.165, 1.54) is 12.1 Å². The predicted octanol–water partition coefficient (Wildman–Crippen LogP) is 6.88. The summed E-state index contributed by atoms with van der Waals surface area (Å²) in [6.07, 6.45) is 0. The number of halogens is 4. The number of fused-ring (bicyclic) bond motifs is 1. The molecule has 0 fully saturated rings. The summed E-state index contributed by atoms with van der Waals surface area (Å²) < 4.78 is 14.0. The van der Waals surface area contributed by atoms with E-state index in [2.05, 4.69) is 31.9 Å². The maximum absolute atomic E-state index is 13.3. The van der Waals surface area contributed by atoms with Gasteiger partial charge in [-0.3, -0.25) is 0 Å². The summed E-state index contributed by atoms with van der Waals surface area (Å²) in [5.74, 6) is -0.258. The first-order valence-electron chi connectivity index (χ1n) is 6.34. The monoisotopic (exact) mass is 426 g/mol. The van der Waals surface area contributed by atoms with Crippen LogP contribution in [0.2, 0.25) is 5.02 Å². The molecule has 0 spiro atoms. The normalized spacial score (nSPS) is 12.6. The molecule has 0 aliphatic rings. The topological polar surface area (TPSA) is 0 Å². The molecule has 3 rings (SSSR count). The Morgan fingerprint density at radius 1 is 0.905 bits per heavy atom. The van der Waals surface area contributed by atoms with E-state index in [0.29, 0.717) is 0 Å². The third kappa shape index (κ3) is 2.87. The van der Waals surface area contributed by atoms with Gasteiger partial charge in [0.1, 0.15) is 5.82 Å². The van der Waals surface area contributed by atoms with Crippen molar-refractivity contribution < 1.29 is 4.39 Å². The lowest BCUT2D eigenvalue weighted by Gasteiger charge is -2.16. The fourth-order valence-corrected chi connectivity index (χ4v) is 4.29. The highest BCUT2D eigenvalue weighted by Gasteiger charge is 2.17. The summed E-state index contributed by atoms with van der Waals surface area (Å²) in [7, 11) is 0. The van der Waals surface area contributed by atoms with Crippen LogP contribution in [0.15, 0.2) is 59.1 Å². The molecule has 21 heavy (non-hydrogen) atoms. The lowest BCUT2D eigenvalue weighted by atomic mass is 9.98. The molecule has 0 radical (unpaired) electrons. The van der Waals surface area contributed by atoms with E-state index in [1.807, 2.05) is 36.4 Å². The van der Waals surface area contributed by atoms with Crippen LogP contribution in [0.1, 0.15) is 16.0 Å². The quantitative estimate of drug-likeness (QED) is 0.390. The first kappa shape index (κ1) is 15.0. The van der Waals surface area contributed by atoms with Crippen LogP contribution in [0.5, 0.6) is 0 Å². The molecule has 1 unspecified atom stereocenters. The van der Waals surface area contributed by atoms with E-state index in [9.17, 15) is 4.39 Å². The zero-order valence-electron chi connectivity index (χ0n) is 10.8. The van der Waals surface area contributed by atoms with Crippen LogP contribution < -0.4 is 0 Å². The molecule has 0 aliphatic heterocycles. The first-order chi connectivity index (χ1) is 10.1. The third-order valence-corrected chi connectivity index (χ3v) is 5.42. The van der Waals surface area contributed by atoms with Gasteiger partial charge in [-0.15, -0.1) is 0 Å². The second kappa shape index (κ2) is 6.07. The molecule has 3 aromatic carbocycles. The van der Waals surface area contributed by atoms with E-state index < -0.39 is 0 Å². The van der Waals surface area contributed by atoms with E-state index in [4.69, 9.17) is 11.6 Å². The Hall–Kier alpha value is -0.900. The number of hydrogen-bond donors (Lipinski definition) is 0. The summed E-state index contributed by atoms with van der Waals surface area (Å²) in [4.78, 5) is -0.0466. The van der Waals surface area contributed by atoms with Gasteiger partial charge in [-0.25, -0.2) is 4.39 Å². The average Bonchev–Trinajstić information content (AvgIpc) is 2.47. The minimum atomic E-state index is -0.258. The van der Waals surface area contributed by atoms with Crippen molar-refractivity contribution in [2.45, 2.75) is 4.83 Å². The Labute approximate surface area is 144 Å². The van der Waals surface area contributed by atoms with E-state index >= 15 is 0 Å². The molecule has 0 bridgehead atoms. The van der Waals surface area contributed by atoms with Crippen LogP contribution >= 0.6 is 43.5 Å². The largest absolute Gasteiger partial charge is 0.207 e. The van der Waals surface area contributed by atoms with Gasteiger partial charge in [0.15, 0.2) is 0 Å². The van der Waals surface area contributed by atoms with Crippen LogP contribution in [0.3, 0.4) is 0 Å². The zero-order chi connectivity index (χ0) is 15.0. The molecule has 0 aliphatic carbocycles. The molecular weight excluding hydrogens is 418 g/mol. The smallest absolute Gasteiger partial charge is 0.124 e. The molecule has 0 saturated carbocycles. The van der Waals surface area contributed by atoms with Gasteiger partial charge < -0.3 is 0 Å². The van der Waals surface area contributed by atoms with Crippen molar-refractivity contribution in [2.24, 2.45) is 0 Å². The summed E-state index contributed by atoms with van der Waals surface area (Å²) in [6.45, 7) is 0. The lowest BCUT2D eigenvalue weighted by molar-refractivity contribution is 0.626. The Kier molecular flexibility index (Phi) is 4.34. The second-order valence-corrected chi connectivity index (χ2v) is 6.89. The summed E-state index contributed by atoms with van der Waals surface area (Å²) in [5.41, 5.74) is 2.08. The van der Waals surface area contributed by atoms with Gasteiger partial charge in [0.2, 0.25) is 0 Å². The van der Waals surface area contributed by atoms with Crippen molar-refractivity contribution in [3.8, 4) is 0 Å². The van der Waals surface area contributed by atoms with Gasteiger partial charge in [-0.1, -0.05) is 79.9 Å². The highest BCUT2D eigenvalue weighted by Crippen LogP contribution is 2.40. The van der Waals surface area contributed by atoms with Crippen molar-refractivity contribution in [1.82, 2.24) is 0 Å². The van der Waals surface area contributed by atoms with Gasteiger partial charge in [-0.2, -0.15) is 0 Å². The molecule has 0 nitrogen and oxygen atoms in total. The predicted molar refractivity (Wildman–Crippen MR) is 93.8 cm³/mol. The minimum absolute atomic E-state index is 0.0466. The average molecular weight is 429 g/mol. The standard InChI is InChI=1S/C17H10Br2ClF/c18-15-9-10(21)5-6-14(15)17(19)13-7-8-16(20)12-4-2-1-3-11(12)13/h1-9,17H. The van der Waals surface area contributed by atoms with Crippen molar-refractivity contribution in [1.29, 1.82) is 0 Å². The SMILES string of the molecule is Fc1ccc(C(Br)c2ccc(Cl)c3ccccc23)c(Br)c1. The highest BCUT2D eigenvalue weighted by molar-refractivity contribution is 9.11. The fourth-order valence-electron chi connectivity index (χ4n) is 2.38. The fraction of sp³-hybridized carbons (Fsp3) is 0.0588. The number of rotatable bonds is 2. The Balaban J connectivity index is 2.18. The summed E-state index contributed by atoms with van der Waals surface area (Å²) >= 11 is 13.4. The molecule has 106 valence electrons. The van der Waals surface area contributed by atoms with E-state index in [-0.39, 0.29) is 10.6 Å². The Morgan fingerprint density at radius 2 is 1.57 bits per heavy atom. The Morgan fingerprint density at radius 3 is 2.29 bits per heavy atom. The van der Waals surface area contributed by atoms with Gasteiger partial charge in [0.05, 0.1) is 4.83 Å². The third-order valence-electron chi connectivity index (χ3n) is 3.41. The Bertz CT molecular complexity index is 817. The summed E-state index contributed by atoms with van der Waals surface area (Å²) in [5, 5.41) is 2.83. The highest BCUT2D eigenvalue weighted by atomic mass is 79.9. The summed E-state index contributed by atoms with van der Waals surface area (Å²) in [6, 6.07) is 16.6.